The number of nitrogens with one attached hydrogen (secondary N) is 2. The van der Waals surface area contributed by atoms with Crippen molar-refractivity contribution in [1.29, 1.82) is 0 Å². The number of phenolic OH excluding ortho intramolecular Hbond substituents is 1. The number of H-pyrrole nitrogens is 2. The smallest absolute Gasteiger partial charge is 0.164 e. The fraction of sp³-hybridized carbons (Fsp3) is 0. The number of nitrogens with zero attached hydrogens (tertiary/aromatic N) is 6. The number of phenols is 1. The highest BCUT2D eigenvalue weighted by atomic mass is 16.3. The Morgan fingerprint density at radius 3 is 1.39 bits per heavy atom. The summed E-state index contributed by atoms with van der Waals surface area (Å²) in [6.45, 7) is 0. The van der Waals surface area contributed by atoms with Crippen LogP contribution < -0.4 is 0 Å². The molecule has 8 bridgehead atoms. The van der Waals surface area contributed by atoms with Crippen LogP contribution in [-0.2, 0) is 0 Å². The third-order valence-corrected chi connectivity index (χ3v) is 7.56. The predicted octanol–water partition coefficient (Wildman–Crippen LogP) is 6.57. The second-order valence-electron chi connectivity index (χ2n) is 9.95. The third kappa shape index (κ3) is 3.17. The van der Waals surface area contributed by atoms with Crippen molar-refractivity contribution in [3.05, 3.63) is 91.0 Å². The summed E-state index contributed by atoms with van der Waals surface area (Å²) in [6.07, 6.45) is 0. The maximum absolute atomic E-state index is 10.9. The average Bonchev–Trinajstić information content (AvgIpc) is 3.73. The van der Waals surface area contributed by atoms with E-state index in [-0.39, 0.29) is 5.75 Å². The van der Waals surface area contributed by atoms with Gasteiger partial charge >= 0.3 is 0 Å². The van der Waals surface area contributed by atoms with Crippen LogP contribution in [0.1, 0.15) is 0 Å². The number of rotatable bonds is 0. The first-order valence-corrected chi connectivity index (χ1v) is 13.1. The van der Waals surface area contributed by atoms with E-state index in [1.54, 1.807) is 12.1 Å². The van der Waals surface area contributed by atoms with E-state index in [2.05, 4.69) is 9.97 Å². The fourth-order valence-electron chi connectivity index (χ4n) is 5.67. The summed E-state index contributed by atoms with van der Waals surface area (Å²) in [5.74, 6) is 2.19. The van der Waals surface area contributed by atoms with Crippen LogP contribution in [0.15, 0.2) is 91.0 Å². The van der Waals surface area contributed by atoms with Gasteiger partial charge in [-0.2, -0.15) is 0 Å². The van der Waals surface area contributed by atoms with Gasteiger partial charge in [0.1, 0.15) is 28.3 Å². The average molecular weight is 531 g/mol. The van der Waals surface area contributed by atoms with Gasteiger partial charge in [-0.3, -0.25) is 0 Å². The first-order chi connectivity index (χ1) is 20.2. The third-order valence-electron chi connectivity index (χ3n) is 7.56. The van der Waals surface area contributed by atoms with E-state index in [4.69, 9.17) is 29.9 Å². The normalized spacial score (nSPS) is 12.0. The van der Waals surface area contributed by atoms with E-state index < -0.39 is 0 Å². The molecule has 41 heavy (non-hydrogen) atoms. The van der Waals surface area contributed by atoms with Crippen LogP contribution in [0.3, 0.4) is 0 Å². The molecule has 3 N–H and O–H groups in total. The summed E-state index contributed by atoms with van der Waals surface area (Å²) in [4.78, 5) is 36.3. The Morgan fingerprint density at radius 2 is 0.805 bits per heavy atom. The van der Waals surface area contributed by atoms with Crippen molar-refractivity contribution in [1.82, 2.24) is 39.9 Å². The summed E-state index contributed by atoms with van der Waals surface area (Å²) >= 11 is 0. The molecule has 2 aliphatic rings. The number of benzene rings is 4. The number of hydrogen-bond donors (Lipinski definition) is 3. The quantitative estimate of drug-likeness (QED) is 0.202. The topological polar surface area (TPSA) is 129 Å². The van der Waals surface area contributed by atoms with Crippen LogP contribution in [-0.4, -0.2) is 45.0 Å². The molecular formula is C32H18N8O. The maximum Gasteiger partial charge on any atom is 0.164 e. The summed E-state index contributed by atoms with van der Waals surface area (Å²) in [5, 5.41) is 14.0. The van der Waals surface area contributed by atoms with Crippen LogP contribution in [0.5, 0.6) is 5.75 Å². The van der Waals surface area contributed by atoms with Crippen molar-refractivity contribution >= 4 is 44.1 Å². The van der Waals surface area contributed by atoms with Crippen molar-refractivity contribution < 1.29 is 5.11 Å². The Labute approximate surface area is 231 Å². The van der Waals surface area contributed by atoms with Gasteiger partial charge in [0.15, 0.2) is 23.3 Å². The van der Waals surface area contributed by atoms with Crippen LogP contribution in [0, 0.1) is 0 Å². The number of aromatic amines is 2. The van der Waals surface area contributed by atoms with Crippen molar-refractivity contribution in [2.24, 2.45) is 0 Å². The number of fused-ring (bicyclic) bond motifs is 20. The molecule has 9 heteroatoms. The molecule has 0 spiro atoms. The van der Waals surface area contributed by atoms with Crippen LogP contribution in [0.2, 0.25) is 0 Å². The van der Waals surface area contributed by atoms with E-state index in [9.17, 15) is 5.11 Å². The van der Waals surface area contributed by atoms with Crippen molar-refractivity contribution in [3.8, 4) is 51.3 Å². The molecule has 0 amide bonds. The van der Waals surface area contributed by atoms with Gasteiger partial charge in [0, 0.05) is 38.4 Å². The number of hydrogen-bond acceptors (Lipinski definition) is 7. The van der Waals surface area contributed by atoms with Crippen LogP contribution in [0.25, 0.3) is 89.7 Å². The Balaban J connectivity index is 1.52. The first kappa shape index (κ1) is 21.9. The highest BCUT2D eigenvalue weighted by Crippen LogP contribution is 2.38. The molecule has 2 aliphatic heterocycles. The first-order valence-electron chi connectivity index (χ1n) is 13.1. The van der Waals surface area contributed by atoms with Gasteiger partial charge in [-0.05, 0) is 6.07 Å². The molecule has 5 heterocycles. The van der Waals surface area contributed by atoms with Gasteiger partial charge in [-0.15, -0.1) is 0 Å². The molecule has 9 rings (SSSR count). The molecule has 0 aliphatic carbocycles. The summed E-state index contributed by atoms with van der Waals surface area (Å²) in [5.41, 5.74) is 5.75. The molecule has 3 aromatic heterocycles. The van der Waals surface area contributed by atoms with E-state index in [1.165, 1.54) is 0 Å². The highest BCUT2D eigenvalue weighted by Gasteiger charge is 2.23. The molecular weight excluding hydrogens is 512 g/mol. The zero-order chi connectivity index (χ0) is 27.1. The van der Waals surface area contributed by atoms with Gasteiger partial charge in [-0.1, -0.05) is 84.9 Å². The minimum absolute atomic E-state index is 0.101. The highest BCUT2D eigenvalue weighted by molar-refractivity contribution is 6.09. The van der Waals surface area contributed by atoms with E-state index in [0.29, 0.717) is 51.3 Å². The van der Waals surface area contributed by atoms with Crippen LogP contribution in [0.4, 0.5) is 0 Å². The van der Waals surface area contributed by atoms with Crippen molar-refractivity contribution in [3.63, 3.8) is 0 Å². The van der Waals surface area contributed by atoms with E-state index >= 15 is 0 Å². The fourth-order valence-corrected chi connectivity index (χ4v) is 5.67. The lowest BCUT2D eigenvalue weighted by atomic mass is 10.1. The molecule has 0 radical (unpaired) electrons. The number of aromatic hydroxyl groups is 1. The molecule has 9 nitrogen and oxygen atoms in total. The van der Waals surface area contributed by atoms with E-state index in [1.807, 2.05) is 78.9 Å². The second kappa shape index (κ2) is 8.03. The zero-order valence-corrected chi connectivity index (χ0v) is 21.3. The number of aromatic nitrogens is 8. The van der Waals surface area contributed by atoms with Gasteiger partial charge in [0.25, 0.3) is 0 Å². The van der Waals surface area contributed by atoms with Gasteiger partial charge in [-0.25, -0.2) is 29.9 Å². The molecule has 192 valence electrons. The largest absolute Gasteiger partial charge is 0.507 e. The zero-order valence-electron chi connectivity index (χ0n) is 21.3. The van der Waals surface area contributed by atoms with E-state index in [0.717, 1.165) is 38.4 Å². The Bertz CT molecular complexity index is 2410. The summed E-state index contributed by atoms with van der Waals surface area (Å²) in [6, 6.07) is 29.1. The molecule has 0 unspecified atom stereocenters. The van der Waals surface area contributed by atoms with Crippen molar-refractivity contribution in [2.75, 3.05) is 0 Å². The molecule has 0 fully saturated rings. The minimum atomic E-state index is 0.101. The lowest BCUT2D eigenvalue weighted by molar-refractivity contribution is 0.482. The van der Waals surface area contributed by atoms with Gasteiger partial charge in [0.05, 0.1) is 5.39 Å². The molecule has 7 aromatic rings. The molecule has 0 atom stereocenters. The molecule has 0 saturated carbocycles. The summed E-state index contributed by atoms with van der Waals surface area (Å²) in [7, 11) is 0. The van der Waals surface area contributed by atoms with Crippen LogP contribution >= 0.6 is 0 Å². The predicted molar refractivity (Wildman–Crippen MR) is 158 cm³/mol. The Morgan fingerprint density at radius 1 is 0.390 bits per heavy atom. The van der Waals surface area contributed by atoms with Gasteiger partial charge in [0.2, 0.25) is 0 Å². The lowest BCUT2D eigenvalue weighted by Crippen LogP contribution is -1.84. The maximum atomic E-state index is 10.9. The van der Waals surface area contributed by atoms with Gasteiger partial charge < -0.3 is 15.1 Å². The Kier molecular flexibility index (Phi) is 4.29. The SMILES string of the molecule is Oc1cccc2c3nc4[nH]c(nc5nc(nc6nc(nc([nH]3)c12)-c1ccccc1-6)-c1ccccc1-5)c1ccccc41. The molecule has 0 saturated heterocycles. The second-order valence-corrected chi connectivity index (χ2v) is 9.95. The minimum Gasteiger partial charge on any atom is -0.507 e. The standard InChI is InChI=1S/C32H18N8O/c41-23-15-7-14-22-24(23)32-39-30-21-13-6-5-12-20(21)28(37-30)35-26-17-9-2-1-8-16(17)25(33-26)34-27-18-10-3-4-11-19(18)29(36-27)38-31(22)40-32/h1-15,41H,(H2,33,34,35,36,37,38,39,40). The Hall–Kier alpha value is -5.96. The summed E-state index contributed by atoms with van der Waals surface area (Å²) < 4.78 is 0. The molecule has 4 aromatic carbocycles. The van der Waals surface area contributed by atoms with Crippen molar-refractivity contribution in [2.45, 2.75) is 0 Å². The monoisotopic (exact) mass is 530 g/mol. The lowest BCUT2D eigenvalue weighted by Gasteiger charge is -1.98.